The molecule has 0 amide bonds. The van der Waals surface area contributed by atoms with E-state index < -0.39 is 0 Å². The molecule has 0 heterocycles. The fourth-order valence-corrected chi connectivity index (χ4v) is 4.59. The lowest BCUT2D eigenvalue weighted by molar-refractivity contribution is 0.440. The minimum Gasteiger partial charge on any atom is -0.508 e. The standard InChI is InChI=1S/C30H46O2/c1-18(19-14-23(29(8,9)10)25(31)16-21(19)27(2,3)4)20-15-24(30(11,12)13)26(32)17-22(20)28(5,6)7/h14-18,31-32H,1-13H3. The van der Waals surface area contributed by atoms with Crippen molar-refractivity contribution < 1.29 is 10.2 Å². The molecule has 0 spiro atoms. The molecule has 2 N–H and O–H groups in total. The molecular formula is C30H46O2. The highest BCUT2D eigenvalue weighted by molar-refractivity contribution is 5.55. The first kappa shape index (κ1) is 26.3. The van der Waals surface area contributed by atoms with Gasteiger partial charge in [-0.05, 0) is 67.2 Å². The Morgan fingerprint density at radius 1 is 0.469 bits per heavy atom. The Kier molecular flexibility index (Phi) is 6.67. The summed E-state index contributed by atoms with van der Waals surface area (Å²) >= 11 is 0. The molecule has 0 aromatic heterocycles. The lowest BCUT2D eigenvalue weighted by atomic mass is 9.71. The molecule has 0 unspecified atom stereocenters. The molecule has 178 valence electrons. The van der Waals surface area contributed by atoms with Crippen LogP contribution in [0, 0.1) is 0 Å². The third kappa shape index (κ3) is 5.33. The third-order valence-corrected chi connectivity index (χ3v) is 6.50. The summed E-state index contributed by atoms with van der Waals surface area (Å²) in [6.45, 7) is 28.4. The number of hydrogen-bond donors (Lipinski definition) is 2. The van der Waals surface area contributed by atoms with Gasteiger partial charge in [0.1, 0.15) is 11.5 Å². The van der Waals surface area contributed by atoms with Gasteiger partial charge < -0.3 is 10.2 Å². The summed E-state index contributed by atoms with van der Waals surface area (Å²) in [5.41, 5.74) is 6.24. The molecule has 0 aliphatic carbocycles. The summed E-state index contributed by atoms with van der Waals surface area (Å²) in [6.07, 6.45) is 0. The number of benzene rings is 2. The van der Waals surface area contributed by atoms with Crippen LogP contribution in [0.1, 0.15) is 129 Å². The van der Waals surface area contributed by atoms with Crippen molar-refractivity contribution in [2.75, 3.05) is 0 Å². The van der Waals surface area contributed by atoms with Crippen LogP contribution >= 0.6 is 0 Å². The van der Waals surface area contributed by atoms with E-state index in [1.54, 1.807) is 0 Å². The monoisotopic (exact) mass is 438 g/mol. The second-order valence-corrected chi connectivity index (χ2v) is 13.6. The summed E-state index contributed by atoms with van der Waals surface area (Å²) in [4.78, 5) is 0. The zero-order valence-electron chi connectivity index (χ0n) is 22.8. The summed E-state index contributed by atoms with van der Waals surface area (Å²) < 4.78 is 0. The molecule has 2 rings (SSSR count). The van der Waals surface area contributed by atoms with Gasteiger partial charge in [-0.1, -0.05) is 102 Å². The lowest BCUT2D eigenvalue weighted by Crippen LogP contribution is -2.22. The maximum atomic E-state index is 10.9. The molecule has 0 atom stereocenters. The van der Waals surface area contributed by atoms with E-state index in [-0.39, 0.29) is 27.6 Å². The van der Waals surface area contributed by atoms with Crippen molar-refractivity contribution in [1.29, 1.82) is 0 Å². The summed E-state index contributed by atoms with van der Waals surface area (Å²) in [6, 6.07) is 8.40. The molecule has 32 heavy (non-hydrogen) atoms. The predicted octanol–water partition coefficient (Wildman–Crippen LogP) is 8.44. The van der Waals surface area contributed by atoms with E-state index in [4.69, 9.17) is 0 Å². The molecule has 0 aliphatic heterocycles. The first-order chi connectivity index (χ1) is 14.2. The average molecular weight is 439 g/mol. The van der Waals surface area contributed by atoms with Crippen molar-refractivity contribution in [1.82, 2.24) is 0 Å². The molecule has 2 aromatic rings. The minimum atomic E-state index is -0.159. The van der Waals surface area contributed by atoms with E-state index in [9.17, 15) is 10.2 Å². The highest BCUT2D eigenvalue weighted by atomic mass is 16.3. The second kappa shape index (κ2) is 8.12. The molecule has 2 heteroatoms. The Morgan fingerprint density at radius 3 is 0.938 bits per heavy atom. The van der Waals surface area contributed by atoms with Crippen LogP contribution < -0.4 is 0 Å². The van der Waals surface area contributed by atoms with Crippen molar-refractivity contribution in [3.63, 3.8) is 0 Å². The van der Waals surface area contributed by atoms with Crippen LogP contribution in [0.2, 0.25) is 0 Å². The number of rotatable bonds is 2. The number of phenols is 2. The molecule has 2 aromatic carbocycles. The third-order valence-electron chi connectivity index (χ3n) is 6.50. The quantitative estimate of drug-likeness (QED) is 0.494. The largest absolute Gasteiger partial charge is 0.508 e. The molecular weight excluding hydrogens is 392 g/mol. The SMILES string of the molecule is CC(c1cc(C(C)(C)C)c(O)cc1C(C)(C)C)c1cc(C(C)(C)C)c(O)cc1C(C)(C)C. The van der Waals surface area contributed by atoms with Crippen molar-refractivity contribution in [2.24, 2.45) is 0 Å². The molecule has 2 nitrogen and oxygen atoms in total. The Bertz CT molecular complexity index is 902. The van der Waals surface area contributed by atoms with Crippen LogP contribution in [-0.4, -0.2) is 10.2 Å². The molecule has 0 radical (unpaired) electrons. The maximum absolute atomic E-state index is 10.9. The Hall–Kier alpha value is -1.96. The van der Waals surface area contributed by atoms with Gasteiger partial charge in [0.2, 0.25) is 0 Å². The molecule has 0 aliphatic rings. The van der Waals surface area contributed by atoms with E-state index in [1.807, 2.05) is 12.1 Å². The predicted molar refractivity (Wildman–Crippen MR) is 139 cm³/mol. The summed E-state index contributed by atoms with van der Waals surface area (Å²) in [5, 5.41) is 21.8. The maximum Gasteiger partial charge on any atom is 0.119 e. The minimum absolute atomic E-state index is 0.108. The van der Waals surface area contributed by atoms with Crippen molar-refractivity contribution in [3.8, 4) is 11.5 Å². The zero-order valence-corrected chi connectivity index (χ0v) is 22.8. The topological polar surface area (TPSA) is 40.5 Å². The van der Waals surface area contributed by atoms with Gasteiger partial charge in [-0.3, -0.25) is 0 Å². The van der Waals surface area contributed by atoms with Crippen molar-refractivity contribution >= 4 is 0 Å². The Morgan fingerprint density at radius 2 is 0.719 bits per heavy atom. The van der Waals surface area contributed by atoms with E-state index in [0.717, 1.165) is 11.1 Å². The van der Waals surface area contributed by atoms with Gasteiger partial charge in [-0.2, -0.15) is 0 Å². The molecule has 0 saturated carbocycles. The van der Waals surface area contributed by atoms with Crippen LogP contribution in [0.25, 0.3) is 0 Å². The van der Waals surface area contributed by atoms with Gasteiger partial charge in [0.25, 0.3) is 0 Å². The van der Waals surface area contributed by atoms with Crippen molar-refractivity contribution in [2.45, 2.75) is 118 Å². The zero-order chi connectivity index (χ0) is 25.0. The van der Waals surface area contributed by atoms with E-state index in [0.29, 0.717) is 11.5 Å². The van der Waals surface area contributed by atoms with Crippen LogP contribution in [0.4, 0.5) is 0 Å². The van der Waals surface area contributed by atoms with Crippen LogP contribution in [0.15, 0.2) is 24.3 Å². The fraction of sp³-hybridized carbons (Fsp3) is 0.600. The van der Waals surface area contributed by atoms with Crippen LogP contribution in [0.5, 0.6) is 11.5 Å². The molecule has 0 bridgehead atoms. The Balaban J connectivity index is 2.94. The first-order valence-corrected chi connectivity index (χ1v) is 11.9. The van der Waals surface area contributed by atoms with E-state index >= 15 is 0 Å². The summed E-state index contributed by atoms with van der Waals surface area (Å²) in [7, 11) is 0. The van der Waals surface area contributed by atoms with Gasteiger partial charge in [0.05, 0.1) is 0 Å². The number of hydrogen-bond acceptors (Lipinski definition) is 2. The molecule has 0 fully saturated rings. The Labute approximate surface area is 197 Å². The summed E-state index contributed by atoms with van der Waals surface area (Å²) in [5.74, 6) is 0.855. The smallest absolute Gasteiger partial charge is 0.119 e. The van der Waals surface area contributed by atoms with Gasteiger partial charge in [0.15, 0.2) is 0 Å². The lowest BCUT2D eigenvalue weighted by Gasteiger charge is -2.34. The van der Waals surface area contributed by atoms with E-state index in [1.165, 1.54) is 22.3 Å². The normalized spacial score (nSPS) is 13.7. The number of aromatic hydroxyl groups is 2. The number of phenolic OH excluding ortho intramolecular Hbond substituents is 2. The van der Waals surface area contributed by atoms with Gasteiger partial charge in [-0.15, -0.1) is 0 Å². The van der Waals surface area contributed by atoms with Gasteiger partial charge in [0, 0.05) is 5.92 Å². The van der Waals surface area contributed by atoms with Crippen LogP contribution in [-0.2, 0) is 21.7 Å². The first-order valence-electron chi connectivity index (χ1n) is 11.9. The second-order valence-electron chi connectivity index (χ2n) is 13.6. The fourth-order valence-electron chi connectivity index (χ4n) is 4.59. The molecule has 0 saturated heterocycles. The van der Waals surface area contributed by atoms with E-state index in [2.05, 4.69) is 102 Å². The highest BCUT2D eigenvalue weighted by Gasteiger charge is 2.31. The van der Waals surface area contributed by atoms with Crippen LogP contribution in [0.3, 0.4) is 0 Å². The van der Waals surface area contributed by atoms with Gasteiger partial charge >= 0.3 is 0 Å². The van der Waals surface area contributed by atoms with Crippen molar-refractivity contribution in [3.05, 3.63) is 57.6 Å². The average Bonchev–Trinajstić information content (AvgIpc) is 2.57. The van der Waals surface area contributed by atoms with Gasteiger partial charge in [-0.25, -0.2) is 0 Å². The highest BCUT2D eigenvalue weighted by Crippen LogP contribution is 2.45.